The molecule has 0 bridgehead atoms. The molecule has 21 heavy (non-hydrogen) atoms. The van der Waals surface area contributed by atoms with Gasteiger partial charge in [-0.25, -0.2) is 8.78 Å². The van der Waals surface area contributed by atoms with Crippen molar-refractivity contribution in [2.24, 2.45) is 0 Å². The summed E-state index contributed by atoms with van der Waals surface area (Å²) in [7, 11) is 0. The van der Waals surface area contributed by atoms with Gasteiger partial charge in [-0.1, -0.05) is 13.0 Å². The summed E-state index contributed by atoms with van der Waals surface area (Å²) in [6, 6.07) is 7.97. The minimum Gasteiger partial charge on any atom is -0.307 e. The highest BCUT2D eigenvalue weighted by atomic mass is 79.9. The maximum atomic E-state index is 13.8. The van der Waals surface area contributed by atoms with E-state index in [0.717, 1.165) is 28.8 Å². The van der Waals surface area contributed by atoms with E-state index in [4.69, 9.17) is 0 Å². The topological polar surface area (TPSA) is 12.0 Å². The van der Waals surface area contributed by atoms with Crippen LogP contribution in [0, 0.1) is 25.5 Å². The van der Waals surface area contributed by atoms with E-state index < -0.39 is 0 Å². The fourth-order valence-corrected chi connectivity index (χ4v) is 2.91. The van der Waals surface area contributed by atoms with Crippen molar-refractivity contribution in [1.29, 1.82) is 0 Å². The van der Waals surface area contributed by atoms with Crippen LogP contribution >= 0.6 is 15.9 Å². The van der Waals surface area contributed by atoms with E-state index in [1.54, 1.807) is 6.07 Å². The Labute approximate surface area is 132 Å². The Hall–Kier alpha value is -1.26. The van der Waals surface area contributed by atoms with Crippen LogP contribution in [-0.2, 0) is 0 Å². The minimum atomic E-state index is -0.298. The van der Waals surface area contributed by atoms with Crippen molar-refractivity contribution >= 4 is 15.9 Å². The first-order valence-corrected chi connectivity index (χ1v) is 7.68. The van der Waals surface area contributed by atoms with Crippen molar-refractivity contribution in [1.82, 2.24) is 5.32 Å². The number of benzene rings is 2. The molecule has 0 amide bonds. The molecule has 0 radical (unpaired) electrons. The maximum Gasteiger partial charge on any atom is 0.137 e. The summed E-state index contributed by atoms with van der Waals surface area (Å²) in [6.45, 7) is 6.49. The van der Waals surface area contributed by atoms with Crippen LogP contribution in [0.15, 0.2) is 34.8 Å². The van der Waals surface area contributed by atoms with Crippen LogP contribution in [0.4, 0.5) is 8.78 Å². The number of aryl methyl sites for hydroxylation is 2. The number of nitrogens with one attached hydrogen (secondary N) is 1. The van der Waals surface area contributed by atoms with Gasteiger partial charge in [0.1, 0.15) is 11.6 Å². The highest BCUT2D eigenvalue weighted by molar-refractivity contribution is 9.10. The predicted octanol–water partition coefficient (Wildman–Crippen LogP) is 5.04. The van der Waals surface area contributed by atoms with Gasteiger partial charge < -0.3 is 5.32 Å². The zero-order valence-corrected chi connectivity index (χ0v) is 13.9. The fraction of sp³-hybridized carbons (Fsp3) is 0.294. The molecule has 0 aliphatic carbocycles. The van der Waals surface area contributed by atoms with E-state index in [1.165, 1.54) is 18.2 Å². The third kappa shape index (κ3) is 3.50. The molecule has 0 heterocycles. The Balaban J connectivity index is 2.55. The third-order valence-corrected chi connectivity index (χ3v) is 4.18. The number of hydrogen-bond donors (Lipinski definition) is 1. The van der Waals surface area contributed by atoms with E-state index >= 15 is 0 Å². The molecule has 0 fully saturated rings. The number of halogens is 3. The number of rotatable bonds is 4. The van der Waals surface area contributed by atoms with E-state index in [2.05, 4.69) is 21.2 Å². The molecular formula is C17H18BrF2N. The molecular weight excluding hydrogens is 336 g/mol. The van der Waals surface area contributed by atoms with Crippen LogP contribution in [0.5, 0.6) is 0 Å². The van der Waals surface area contributed by atoms with Crippen molar-refractivity contribution in [2.75, 3.05) is 6.54 Å². The van der Waals surface area contributed by atoms with Crippen LogP contribution < -0.4 is 5.32 Å². The van der Waals surface area contributed by atoms with Gasteiger partial charge in [0, 0.05) is 0 Å². The van der Waals surface area contributed by atoms with E-state index in [9.17, 15) is 8.78 Å². The number of hydrogen-bond acceptors (Lipinski definition) is 1. The molecule has 2 aromatic carbocycles. The lowest BCUT2D eigenvalue weighted by Crippen LogP contribution is -2.24. The van der Waals surface area contributed by atoms with E-state index in [1.807, 2.05) is 26.8 Å². The first-order valence-electron chi connectivity index (χ1n) is 6.89. The normalized spacial score (nSPS) is 12.5. The first-order chi connectivity index (χ1) is 9.93. The van der Waals surface area contributed by atoms with Crippen LogP contribution in [0.25, 0.3) is 0 Å². The molecule has 0 saturated heterocycles. The molecule has 0 aliphatic heterocycles. The Morgan fingerprint density at radius 2 is 1.71 bits per heavy atom. The second-order valence-corrected chi connectivity index (χ2v) is 5.97. The van der Waals surface area contributed by atoms with Crippen molar-refractivity contribution < 1.29 is 8.78 Å². The van der Waals surface area contributed by atoms with Gasteiger partial charge in [0.25, 0.3) is 0 Å². The zero-order chi connectivity index (χ0) is 15.6. The van der Waals surface area contributed by atoms with Crippen molar-refractivity contribution in [2.45, 2.75) is 26.8 Å². The second kappa shape index (κ2) is 6.67. The maximum absolute atomic E-state index is 13.8. The first kappa shape index (κ1) is 16.1. The SMILES string of the molecule is CCNC(c1ccc(Br)c(F)c1)c1c(C)cc(F)cc1C. The van der Waals surface area contributed by atoms with Crippen LogP contribution in [-0.4, -0.2) is 6.54 Å². The van der Waals surface area contributed by atoms with Gasteiger partial charge in [0.2, 0.25) is 0 Å². The molecule has 1 nitrogen and oxygen atoms in total. The van der Waals surface area contributed by atoms with Gasteiger partial charge in [0.15, 0.2) is 0 Å². The predicted molar refractivity (Wildman–Crippen MR) is 85.5 cm³/mol. The minimum absolute atomic E-state index is 0.154. The molecule has 112 valence electrons. The second-order valence-electron chi connectivity index (χ2n) is 5.12. The Kier molecular flexibility index (Phi) is 5.12. The lowest BCUT2D eigenvalue weighted by Gasteiger charge is -2.23. The Morgan fingerprint density at radius 1 is 1.10 bits per heavy atom. The molecule has 0 aromatic heterocycles. The van der Waals surface area contributed by atoms with Gasteiger partial charge in [-0.2, -0.15) is 0 Å². The lowest BCUT2D eigenvalue weighted by atomic mass is 9.91. The highest BCUT2D eigenvalue weighted by Gasteiger charge is 2.19. The summed E-state index contributed by atoms with van der Waals surface area (Å²) < 4.78 is 27.8. The van der Waals surface area contributed by atoms with E-state index in [-0.39, 0.29) is 17.7 Å². The summed E-state index contributed by atoms with van der Waals surface area (Å²) in [6.07, 6.45) is 0. The van der Waals surface area contributed by atoms with Gasteiger partial charge in [-0.15, -0.1) is 0 Å². The molecule has 1 N–H and O–H groups in total. The molecule has 0 saturated carbocycles. The van der Waals surface area contributed by atoms with Crippen molar-refractivity contribution in [3.63, 3.8) is 0 Å². The molecule has 1 atom stereocenters. The fourth-order valence-electron chi connectivity index (χ4n) is 2.66. The Bertz CT molecular complexity index is 632. The average molecular weight is 354 g/mol. The molecule has 2 rings (SSSR count). The zero-order valence-electron chi connectivity index (χ0n) is 12.3. The Morgan fingerprint density at radius 3 is 2.24 bits per heavy atom. The average Bonchev–Trinajstić information content (AvgIpc) is 2.40. The summed E-state index contributed by atoms with van der Waals surface area (Å²) in [5.74, 6) is -0.543. The van der Waals surface area contributed by atoms with Crippen molar-refractivity contribution in [3.8, 4) is 0 Å². The van der Waals surface area contributed by atoms with Crippen LogP contribution in [0.2, 0.25) is 0 Å². The quantitative estimate of drug-likeness (QED) is 0.811. The van der Waals surface area contributed by atoms with Crippen molar-refractivity contribution in [3.05, 3.63) is 68.7 Å². The molecule has 0 aliphatic rings. The summed E-state index contributed by atoms with van der Waals surface area (Å²) in [5, 5.41) is 3.36. The highest BCUT2D eigenvalue weighted by Crippen LogP contribution is 2.30. The molecule has 1 unspecified atom stereocenters. The molecule has 2 aromatic rings. The smallest absolute Gasteiger partial charge is 0.137 e. The molecule has 4 heteroatoms. The standard InChI is InChI=1S/C17H18BrF2N/c1-4-21-17(12-5-6-14(18)15(20)9-12)16-10(2)7-13(19)8-11(16)3/h5-9,17,21H,4H2,1-3H3. The molecule has 0 spiro atoms. The third-order valence-electron chi connectivity index (χ3n) is 3.53. The van der Waals surface area contributed by atoms with Gasteiger partial charge in [0.05, 0.1) is 10.5 Å². The van der Waals surface area contributed by atoms with E-state index in [0.29, 0.717) is 4.47 Å². The monoisotopic (exact) mass is 353 g/mol. The summed E-state index contributed by atoms with van der Waals surface area (Å²) in [4.78, 5) is 0. The van der Waals surface area contributed by atoms with Gasteiger partial charge in [-0.3, -0.25) is 0 Å². The van der Waals surface area contributed by atoms with Crippen LogP contribution in [0.3, 0.4) is 0 Å². The lowest BCUT2D eigenvalue weighted by molar-refractivity contribution is 0.591. The largest absolute Gasteiger partial charge is 0.307 e. The van der Waals surface area contributed by atoms with Gasteiger partial charge in [-0.05, 0) is 82.8 Å². The summed E-state index contributed by atoms with van der Waals surface area (Å²) in [5.41, 5.74) is 3.55. The van der Waals surface area contributed by atoms with Gasteiger partial charge >= 0.3 is 0 Å². The van der Waals surface area contributed by atoms with Crippen LogP contribution in [0.1, 0.15) is 35.2 Å². The summed E-state index contributed by atoms with van der Waals surface area (Å²) >= 11 is 3.17.